The van der Waals surface area contributed by atoms with Crippen molar-refractivity contribution in [2.24, 2.45) is 4.99 Å². The summed E-state index contributed by atoms with van der Waals surface area (Å²) < 4.78 is 1.65. The molecule has 0 spiro atoms. The van der Waals surface area contributed by atoms with Gasteiger partial charge >= 0.3 is 5.69 Å². The number of rotatable bonds is 4. The molecule has 0 aliphatic heterocycles. The van der Waals surface area contributed by atoms with E-state index in [0.29, 0.717) is 27.2 Å². The number of aromatic amines is 2. The summed E-state index contributed by atoms with van der Waals surface area (Å²) in [6, 6.07) is 7.82. The Balaban J connectivity index is 1.69. The van der Waals surface area contributed by atoms with Crippen molar-refractivity contribution in [1.29, 1.82) is 0 Å². The number of hydrogen-bond donors (Lipinski definition) is 4. The van der Waals surface area contributed by atoms with E-state index >= 15 is 0 Å². The normalized spacial score (nSPS) is 15.3. The van der Waals surface area contributed by atoms with Crippen LogP contribution in [-0.4, -0.2) is 35.7 Å². The molecular formula is C20H18ClN7O2. The van der Waals surface area contributed by atoms with Crippen LogP contribution in [0.5, 0.6) is 5.88 Å². The van der Waals surface area contributed by atoms with Crippen LogP contribution in [0.25, 0.3) is 11.7 Å². The molecule has 1 saturated carbocycles. The van der Waals surface area contributed by atoms with Gasteiger partial charge in [0.1, 0.15) is 11.5 Å². The maximum atomic E-state index is 11.4. The standard InChI is InChI=1S/C20H18ClN7O2/c1-10-2-5-13(21)14(6-10)24-16-8-17(23-12-3-4-12)28-18(26-16)11(9-22-28)7-15-19(29)27-20(30)25-15/h2,5-9,12,24,29H,3-4H2,1H3,(H2,25,27,30)/b11-7-,23-17?. The summed E-state index contributed by atoms with van der Waals surface area (Å²) in [5, 5.41) is 18.7. The smallest absolute Gasteiger partial charge is 0.326 e. The molecule has 4 aromatic rings. The minimum Gasteiger partial charge on any atom is -0.493 e. The highest BCUT2D eigenvalue weighted by Gasteiger charge is 2.20. The number of hydrogen-bond acceptors (Lipinski definition) is 6. The van der Waals surface area contributed by atoms with Gasteiger partial charge in [0.05, 0.1) is 22.9 Å². The average molecular weight is 424 g/mol. The quantitative estimate of drug-likeness (QED) is 0.398. The SMILES string of the molecule is Cc1ccc(Cl)c(Nc2cc(=NC3CC3)n3nc/c(=C/c4[nH]c(=O)[nH]c4O)c3n2)c1. The molecule has 0 atom stereocenters. The maximum absolute atomic E-state index is 11.4. The molecular weight excluding hydrogens is 406 g/mol. The summed E-state index contributed by atoms with van der Waals surface area (Å²) >= 11 is 6.33. The largest absolute Gasteiger partial charge is 0.493 e. The Morgan fingerprint density at radius 1 is 1.33 bits per heavy atom. The summed E-state index contributed by atoms with van der Waals surface area (Å²) in [5.74, 6) is 0.319. The summed E-state index contributed by atoms with van der Waals surface area (Å²) in [4.78, 5) is 25.7. The van der Waals surface area contributed by atoms with Crippen molar-refractivity contribution in [2.75, 3.05) is 5.32 Å². The number of halogens is 1. The topological polar surface area (TPSA) is 123 Å². The lowest BCUT2D eigenvalue weighted by Crippen LogP contribution is -2.19. The number of fused-ring (bicyclic) bond motifs is 1. The third kappa shape index (κ3) is 3.55. The highest BCUT2D eigenvalue weighted by atomic mass is 35.5. The van der Waals surface area contributed by atoms with Crippen LogP contribution in [0.1, 0.15) is 24.1 Å². The molecule has 0 radical (unpaired) electrons. The lowest BCUT2D eigenvalue weighted by molar-refractivity contribution is 0.454. The van der Waals surface area contributed by atoms with Crippen molar-refractivity contribution in [3.63, 3.8) is 0 Å². The first-order chi connectivity index (χ1) is 14.5. The number of aromatic nitrogens is 5. The molecule has 1 fully saturated rings. The number of aryl methyl sites for hydroxylation is 1. The summed E-state index contributed by atoms with van der Waals surface area (Å²) in [6.07, 6.45) is 5.32. The second-order valence-electron chi connectivity index (χ2n) is 7.29. The molecule has 1 aliphatic carbocycles. The van der Waals surface area contributed by atoms with E-state index in [2.05, 4.69) is 25.4 Å². The highest BCUT2D eigenvalue weighted by molar-refractivity contribution is 6.33. The minimum atomic E-state index is -0.496. The third-order valence-electron chi connectivity index (χ3n) is 4.76. The molecule has 4 N–H and O–H groups in total. The fourth-order valence-corrected chi connectivity index (χ4v) is 3.30. The predicted octanol–water partition coefficient (Wildman–Crippen LogP) is 1.77. The number of H-pyrrole nitrogens is 2. The molecule has 0 saturated heterocycles. The second kappa shape index (κ2) is 7.03. The monoisotopic (exact) mass is 423 g/mol. The Labute approximate surface area is 174 Å². The van der Waals surface area contributed by atoms with Crippen LogP contribution in [-0.2, 0) is 0 Å². The molecule has 30 heavy (non-hydrogen) atoms. The van der Waals surface area contributed by atoms with Gasteiger partial charge in [0.25, 0.3) is 0 Å². The molecule has 3 aromatic heterocycles. The van der Waals surface area contributed by atoms with Crippen molar-refractivity contribution >= 4 is 34.8 Å². The summed E-state index contributed by atoms with van der Waals surface area (Å²) in [7, 11) is 0. The van der Waals surface area contributed by atoms with E-state index in [1.807, 2.05) is 31.2 Å². The fourth-order valence-electron chi connectivity index (χ4n) is 3.13. The highest BCUT2D eigenvalue weighted by Crippen LogP contribution is 2.26. The van der Waals surface area contributed by atoms with E-state index in [1.54, 1.807) is 16.8 Å². The second-order valence-corrected chi connectivity index (χ2v) is 7.70. The molecule has 0 amide bonds. The molecule has 0 unspecified atom stereocenters. The summed E-state index contributed by atoms with van der Waals surface area (Å²) in [6.45, 7) is 1.99. The Bertz CT molecular complexity index is 1450. The van der Waals surface area contributed by atoms with Crippen molar-refractivity contribution in [3.8, 4) is 5.88 Å². The molecule has 9 nitrogen and oxygen atoms in total. The van der Waals surface area contributed by atoms with Gasteiger partial charge in [-0.05, 0) is 43.5 Å². The number of nitrogens with zero attached hydrogens (tertiary/aromatic N) is 4. The van der Waals surface area contributed by atoms with Crippen LogP contribution >= 0.6 is 11.6 Å². The maximum Gasteiger partial charge on any atom is 0.326 e. The summed E-state index contributed by atoms with van der Waals surface area (Å²) in [5.41, 5.74) is 2.76. The van der Waals surface area contributed by atoms with Crippen molar-refractivity contribution < 1.29 is 5.11 Å². The Kier molecular flexibility index (Phi) is 4.32. The molecule has 152 valence electrons. The van der Waals surface area contributed by atoms with Crippen LogP contribution in [0, 0.1) is 6.92 Å². The minimum absolute atomic E-state index is 0.247. The Morgan fingerprint density at radius 3 is 2.90 bits per heavy atom. The zero-order valence-electron chi connectivity index (χ0n) is 16.0. The number of anilines is 2. The molecule has 5 rings (SSSR count). The fraction of sp³-hybridized carbons (Fsp3) is 0.200. The predicted molar refractivity (Wildman–Crippen MR) is 113 cm³/mol. The van der Waals surface area contributed by atoms with Crippen LogP contribution in [0.15, 0.2) is 40.2 Å². The Morgan fingerprint density at radius 2 is 2.17 bits per heavy atom. The average Bonchev–Trinajstić information content (AvgIpc) is 3.34. The van der Waals surface area contributed by atoms with Crippen LogP contribution in [0.2, 0.25) is 5.02 Å². The van der Waals surface area contributed by atoms with Gasteiger partial charge in [0.2, 0.25) is 5.88 Å². The van der Waals surface area contributed by atoms with Gasteiger partial charge in [-0.2, -0.15) is 9.61 Å². The van der Waals surface area contributed by atoms with Gasteiger partial charge in [-0.15, -0.1) is 0 Å². The zero-order valence-corrected chi connectivity index (χ0v) is 16.7. The van der Waals surface area contributed by atoms with Gasteiger partial charge in [-0.3, -0.25) is 9.98 Å². The number of nitrogens with one attached hydrogen (secondary N) is 3. The molecule has 1 aliphatic rings. The van der Waals surface area contributed by atoms with Crippen molar-refractivity contribution in [3.05, 3.63) is 67.9 Å². The van der Waals surface area contributed by atoms with Crippen LogP contribution in [0.4, 0.5) is 11.5 Å². The van der Waals surface area contributed by atoms with Gasteiger partial charge in [-0.1, -0.05) is 17.7 Å². The number of imidazole rings is 1. The number of aromatic hydroxyl groups is 1. The van der Waals surface area contributed by atoms with Gasteiger partial charge in [-0.25, -0.2) is 9.78 Å². The first-order valence-electron chi connectivity index (χ1n) is 9.45. The third-order valence-corrected chi connectivity index (χ3v) is 5.09. The van der Waals surface area contributed by atoms with Crippen LogP contribution in [0.3, 0.4) is 0 Å². The van der Waals surface area contributed by atoms with E-state index in [0.717, 1.165) is 24.1 Å². The van der Waals surface area contributed by atoms with E-state index < -0.39 is 5.69 Å². The van der Waals surface area contributed by atoms with E-state index in [4.69, 9.17) is 16.6 Å². The van der Waals surface area contributed by atoms with Crippen molar-refractivity contribution in [2.45, 2.75) is 25.8 Å². The lowest BCUT2D eigenvalue weighted by atomic mass is 10.2. The van der Waals surface area contributed by atoms with Crippen LogP contribution < -0.4 is 21.7 Å². The molecule has 10 heteroatoms. The van der Waals surface area contributed by atoms with E-state index in [9.17, 15) is 9.90 Å². The van der Waals surface area contributed by atoms with E-state index in [-0.39, 0.29) is 17.6 Å². The zero-order chi connectivity index (χ0) is 20.8. The molecule has 0 bridgehead atoms. The first-order valence-corrected chi connectivity index (χ1v) is 9.83. The van der Waals surface area contributed by atoms with Gasteiger partial charge in [0, 0.05) is 11.3 Å². The molecule has 3 heterocycles. The lowest BCUT2D eigenvalue weighted by Gasteiger charge is -2.09. The Hall–Kier alpha value is -3.59. The van der Waals surface area contributed by atoms with Gasteiger partial charge in [0.15, 0.2) is 11.1 Å². The van der Waals surface area contributed by atoms with Crippen molar-refractivity contribution in [1.82, 2.24) is 24.6 Å². The molecule has 1 aromatic carbocycles. The van der Waals surface area contributed by atoms with E-state index in [1.165, 1.54) is 0 Å². The first kappa shape index (κ1) is 18.4. The van der Waals surface area contributed by atoms with Gasteiger partial charge < -0.3 is 15.4 Å². The number of benzene rings is 1.